The minimum Gasteiger partial charge on any atom is -0.391 e. The molecule has 1 amide bonds. The quantitative estimate of drug-likeness (QED) is 0.0243. The van der Waals surface area contributed by atoms with Crippen molar-refractivity contribution in [3.8, 4) is 0 Å². The van der Waals surface area contributed by atoms with E-state index in [-0.39, 0.29) is 19.1 Å². The Labute approximate surface area is 404 Å². The summed E-state index contributed by atoms with van der Waals surface area (Å²) in [7, 11) is 1.62. The summed E-state index contributed by atoms with van der Waals surface area (Å²) in [4.78, 5) is 23.3. The number of amides is 1. The van der Waals surface area contributed by atoms with Crippen LogP contribution in [0.4, 0.5) is 0 Å². The normalized spacial score (nSPS) is 14.3. The van der Waals surface area contributed by atoms with Crippen molar-refractivity contribution in [1.82, 2.24) is 5.32 Å². The SMILES string of the molecule is CCCCCCC/C=C\C/C=C\C/C=C\CCCCCCCCCCCCCCCCC(=O)NC(COP(=O)(O)OCC[N+](C)(C)C)C(O)CCCCCCCCCCCCCCCC. The number of phosphoric ester groups is 1. The highest BCUT2D eigenvalue weighted by Crippen LogP contribution is 2.43. The molecular formula is C56H110N2O6P+. The summed E-state index contributed by atoms with van der Waals surface area (Å²) >= 11 is 0. The first-order chi connectivity index (χ1) is 31.5. The van der Waals surface area contributed by atoms with Crippen molar-refractivity contribution in [2.75, 3.05) is 40.9 Å². The summed E-state index contributed by atoms with van der Waals surface area (Å²) in [6.07, 6.45) is 60.5. The molecule has 0 heterocycles. The van der Waals surface area contributed by atoms with Crippen molar-refractivity contribution in [3.05, 3.63) is 36.5 Å². The zero-order chi connectivity index (χ0) is 47.8. The van der Waals surface area contributed by atoms with Gasteiger partial charge in [-0.3, -0.25) is 13.8 Å². The van der Waals surface area contributed by atoms with Gasteiger partial charge in [0.1, 0.15) is 13.2 Å². The summed E-state index contributed by atoms with van der Waals surface area (Å²) in [6, 6.07) is -0.760. The van der Waals surface area contributed by atoms with Crippen molar-refractivity contribution in [2.24, 2.45) is 0 Å². The van der Waals surface area contributed by atoms with Crippen LogP contribution in [0.3, 0.4) is 0 Å². The average molecular weight is 938 g/mol. The van der Waals surface area contributed by atoms with Gasteiger partial charge in [-0.15, -0.1) is 0 Å². The Kier molecular flexibility index (Phi) is 46.8. The lowest BCUT2D eigenvalue weighted by atomic mass is 10.0. The number of aliphatic hydroxyl groups excluding tert-OH is 1. The second-order valence-corrected chi connectivity index (χ2v) is 21.8. The van der Waals surface area contributed by atoms with Crippen LogP contribution in [0.5, 0.6) is 0 Å². The number of carbonyl (C=O) groups excluding carboxylic acids is 1. The summed E-state index contributed by atoms with van der Waals surface area (Å²) in [6.45, 7) is 4.89. The van der Waals surface area contributed by atoms with Gasteiger partial charge in [0, 0.05) is 6.42 Å². The number of allylic oxidation sites excluding steroid dienone is 6. The molecule has 0 spiro atoms. The van der Waals surface area contributed by atoms with Crippen LogP contribution in [0.2, 0.25) is 0 Å². The zero-order valence-electron chi connectivity index (χ0n) is 43.7. The van der Waals surface area contributed by atoms with E-state index in [9.17, 15) is 19.4 Å². The summed E-state index contributed by atoms with van der Waals surface area (Å²) in [5, 5.41) is 14.0. The third kappa shape index (κ3) is 50.4. The second kappa shape index (κ2) is 47.8. The third-order valence-electron chi connectivity index (χ3n) is 12.6. The lowest BCUT2D eigenvalue weighted by Gasteiger charge is -2.26. The number of quaternary nitrogens is 1. The van der Waals surface area contributed by atoms with Gasteiger partial charge in [0.05, 0.1) is 39.9 Å². The maximum absolute atomic E-state index is 13.0. The van der Waals surface area contributed by atoms with Crippen LogP contribution in [-0.4, -0.2) is 73.4 Å². The molecule has 0 aromatic rings. The first-order valence-corrected chi connectivity index (χ1v) is 29.3. The van der Waals surface area contributed by atoms with E-state index in [4.69, 9.17) is 9.05 Å². The van der Waals surface area contributed by atoms with Crippen molar-refractivity contribution >= 4 is 13.7 Å². The van der Waals surface area contributed by atoms with E-state index >= 15 is 0 Å². The van der Waals surface area contributed by atoms with Crippen LogP contribution in [0.15, 0.2) is 36.5 Å². The van der Waals surface area contributed by atoms with Crippen molar-refractivity contribution in [3.63, 3.8) is 0 Å². The third-order valence-corrected chi connectivity index (χ3v) is 13.6. The van der Waals surface area contributed by atoms with E-state index in [2.05, 4.69) is 55.6 Å². The van der Waals surface area contributed by atoms with Gasteiger partial charge in [-0.05, 0) is 51.4 Å². The molecule has 384 valence electrons. The van der Waals surface area contributed by atoms with Crippen molar-refractivity contribution in [1.29, 1.82) is 0 Å². The fraction of sp³-hybridized carbons (Fsp3) is 0.875. The fourth-order valence-corrected chi connectivity index (χ4v) is 8.97. The smallest absolute Gasteiger partial charge is 0.391 e. The molecule has 0 aliphatic rings. The highest BCUT2D eigenvalue weighted by Gasteiger charge is 2.28. The predicted molar refractivity (Wildman–Crippen MR) is 281 cm³/mol. The first kappa shape index (κ1) is 63.7. The maximum atomic E-state index is 13.0. The predicted octanol–water partition coefficient (Wildman–Crippen LogP) is 16.6. The second-order valence-electron chi connectivity index (χ2n) is 20.3. The number of phosphoric acid groups is 1. The summed E-state index contributed by atoms with van der Waals surface area (Å²) in [5.74, 6) is -0.143. The first-order valence-electron chi connectivity index (χ1n) is 27.9. The number of nitrogens with zero attached hydrogens (tertiary/aromatic N) is 1. The van der Waals surface area contributed by atoms with Crippen LogP contribution in [-0.2, 0) is 18.4 Å². The number of nitrogens with one attached hydrogen (secondary N) is 1. The van der Waals surface area contributed by atoms with Crippen LogP contribution in [0.25, 0.3) is 0 Å². The van der Waals surface area contributed by atoms with Crippen molar-refractivity contribution < 1.29 is 32.9 Å². The standard InChI is InChI=1S/C56H109N2O6P/c1-6-8-10-12-14-16-18-20-22-23-24-25-26-27-28-29-30-31-32-33-34-35-36-38-40-42-44-46-48-50-56(60)57-54(53-64-65(61,62)63-52-51-58(3,4)5)55(59)49-47-45-43-41-39-37-21-19-17-15-13-11-9-7-2/h18,20,23-24,26-27,54-55,59H,6-17,19,21-22,25,28-53H2,1-5H3,(H-,57,60,61,62)/p+1/b20-18-,24-23-,27-26-. The van der Waals surface area contributed by atoms with Gasteiger partial charge in [-0.1, -0.05) is 243 Å². The molecule has 0 aliphatic carbocycles. The molecule has 65 heavy (non-hydrogen) atoms. The molecule has 0 aromatic carbocycles. The number of carbonyl (C=O) groups is 1. The van der Waals surface area contributed by atoms with Crippen molar-refractivity contribution in [2.45, 2.75) is 276 Å². The van der Waals surface area contributed by atoms with E-state index in [1.54, 1.807) is 0 Å². The van der Waals surface area contributed by atoms with Gasteiger partial charge in [-0.25, -0.2) is 4.57 Å². The number of hydrogen-bond donors (Lipinski definition) is 3. The van der Waals surface area contributed by atoms with E-state index in [1.807, 2.05) is 21.1 Å². The topological polar surface area (TPSA) is 105 Å². The molecule has 9 heteroatoms. The molecule has 0 radical (unpaired) electrons. The maximum Gasteiger partial charge on any atom is 0.472 e. The largest absolute Gasteiger partial charge is 0.472 e. The lowest BCUT2D eigenvalue weighted by Crippen LogP contribution is -2.46. The molecule has 0 aliphatic heterocycles. The Morgan fingerprint density at radius 2 is 0.877 bits per heavy atom. The van der Waals surface area contributed by atoms with Gasteiger partial charge in [0.25, 0.3) is 0 Å². The minimum absolute atomic E-state index is 0.0752. The summed E-state index contributed by atoms with van der Waals surface area (Å²) < 4.78 is 23.7. The van der Waals surface area contributed by atoms with Gasteiger partial charge in [-0.2, -0.15) is 0 Å². The number of hydrogen-bond acceptors (Lipinski definition) is 5. The molecule has 0 aromatic heterocycles. The van der Waals surface area contributed by atoms with Crippen LogP contribution in [0.1, 0.15) is 264 Å². The Balaban J connectivity index is 4.09. The molecule has 3 atom stereocenters. The molecule has 0 rings (SSSR count). The van der Waals surface area contributed by atoms with E-state index in [0.717, 1.165) is 51.4 Å². The molecule has 3 unspecified atom stereocenters. The van der Waals surface area contributed by atoms with Crippen LogP contribution >= 0.6 is 7.82 Å². The Bertz CT molecular complexity index is 1150. The molecule has 0 saturated heterocycles. The van der Waals surface area contributed by atoms with Gasteiger partial charge < -0.3 is 19.8 Å². The minimum atomic E-state index is -4.32. The van der Waals surface area contributed by atoms with E-state index in [1.165, 1.54) is 186 Å². The number of unbranched alkanes of at least 4 members (excludes halogenated alkanes) is 32. The monoisotopic (exact) mass is 938 g/mol. The highest BCUT2D eigenvalue weighted by molar-refractivity contribution is 7.47. The molecule has 3 N–H and O–H groups in total. The van der Waals surface area contributed by atoms with E-state index in [0.29, 0.717) is 23.9 Å². The average Bonchev–Trinajstić information content (AvgIpc) is 3.26. The molecule has 0 bridgehead atoms. The van der Waals surface area contributed by atoms with Crippen LogP contribution < -0.4 is 5.32 Å². The van der Waals surface area contributed by atoms with Gasteiger partial charge in [0.15, 0.2) is 0 Å². The fourth-order valence-electron chi connectivity index (χ4n) is 8.23. The number of likely N-dealkylation sites (N-methyl/N-ethyl adjacent to an activating group) is 1. The van der Waals surface area contributed by atoms with E-state index < -0.39 is 20.0 Å². The molecular weight excluding hydrogens is 828 g/mol. The highest BCUT2D eigenvalue weighted by atomic mass is 31.2. The lowest BCUT2D eigenvalue weighted by molar-refractivity contribution is -0.870. The number of rotatable bonds is 51. The van der Waals surface area contributed by atoms with Gasteiger partial charge in [0.2, 0.25) is 5.91 Å². The Morgan fingerprint density at radius 1 is 0.523 bits per heavy atom. The molecule has 0 saturated carbocycles. The number of aliphatic hydroxyl groups is 1. The summed E-state index contributed by atoms with van der Waals surface area (Å²) in [5.41, 5.74) is 0. The Hall–Kier alpha value is -1.28. The van der Waals surface area contributed by atoms with Gasteiger partial charge >= 0.3 is 7.82 Å². The zero-order valence-corrected chi connectivity index (χ0v) is 44.6. The van der Waals surface area contributed by atoms with Crippen LogP contribution in [0, 0.1) is 0 Å². The molecule has 0 fully saturated rings. The Morgan fingerprint density at radius 3 is 1.28 bits per heavy atom. The molecule has 8 nitrogen and oxygen atoms in total.